The Kier molecular flexibility index (Phi) is 3.73. The van der Waals surface area contributed by atoms with E-state index in [1.807, 2.05) is 43.3 Å². The van der Waals surface area contributed by atoms with Crippen molar-refractivity contribution in [2.75, 3.05) is 6.61 Å². The van der Waals surface area contributed by atoms with Crippen molar-refractivity contribution < 1.29 is 4.74 Å². The minimum atomic E-state index is -0.163. The molecule has 0 aliphatic rings. The predicted molar refractivity (Wildman–Crippen MR) is 67.9 cm³/mol. The molecule has 0 amide bonds. The summed E-state index contributed by atoms with van der Waals surface area (Å²) in [5, 5.41) is 0. The van der Waals surface area contributed by atoms with Crippen LogP contribution in [-0.4, -0.2) is 11.6 Å². The Morgan fingerprint density at radius 1 is 1.18 bits per heavy atom. The number of nitrogens with two attached hydrogens (primary N) is 1. The highest BCUT2D eigenvalue weighted by Crippen LogP contribution is 2.21. The second-order valence-corrected chi connectivity index (χ2v) is 3.78. The van der Waals surface area contributed by atoms with Crippen molar-refractivity contribution in [2.45, 2.75) is 13.0 Å². The zero-order valence-electron chi connectivity index (χ0n) is 9.84. The summed E-state index contributed by atoms with van der Waals surface area (Å²) >= 11 is 0. The molecule has 3 heteroatoms. The van der Waals surface area contributed by atoms with E-state index in [1.54, 1.807) is 12.4 Å². The van der Waals surface area contributed by atoms with E-state index in [2.05, 4.69) is 4.98 Å². The molecule has 2 N–H and O–H groups in total. The van der Waals surface area contributed by atoms with Crippen LogP contribution in [0.25, 0.3) is 0 Å². The van der Waals surface area contributed by atoms with Gasteiger partial charge in [0.25, 0.3) is 0 Å². The van der Waals surface area contributed by atoms with Crippen LogP contribution < -0.4 is 10.5 Å². The normalized spacial score (nSPS) is 12.1. The third-order valence-electron chi connectivity index (χ3n) is 2.56. The van der Waals surface area contributed by atoms with Gasteiger partial charge in [-0.25, -0.2) is 0 Å². The van der Waals surface area contributed by atoms with E-state index in [0.717, 1.165) is 16.9 Å². The number of nitrogens with zero attached hydrogens (tertiary/aromatic N) is 1. The third-order valence-corrected chi connectivity index (χ3v) is 2.56. The lowest BCUT2D eigenvalue weighted by Gasteiger charge is -2.13. The van der Waals surface area contributed by atoms with Crippen molar-refractivity contribution in [1.82, 2.24) is 4.98 Å². The summed E-state index contributed by atoms with van der Waals surface area (Å²) in [5.74, 6) is 0.761. The predicted octanol–water partition coefficient (Wildman–Crippen LogP) is 2.53. The van der Waals surface area contributed by atoms with Crippen LogP contribution in [0.2, 0.25) is 0 Å². The zero-order valence-corrected chi connectivity index (χ0v) is 9.84. The van der Waals surface area contributed by atoms with Crippen molar-refractivity contribution in [3.05, 3.63) is 59.9 Å². The molecule has 0 aliphatic carbocycles. The molecule has 88 valence electrons. The Bertz CT molecular complexity index is 471. The van der Waals surface area contributed by atoms with E-state index in [4.69, 9.17) is 10.5 Å². The van der Waals surface area contributed by atoms with Crippen LogP contribution in [0, 0.1) is 0 Å². The Hall–Kier alpha value is -1.87. The average molecular weight is 228 g/mol. The summed E-state index contributed by atoms with van der Waals surface area (Å²) in [6.45, 7) is 2.58. The molecule has 0 bridgehead atoms. The van der Waals surface area contributed by atoms with Gasteiger partial charge in [0.1, 0.15) is 5.75 Å². The standard InChI is InChI=1S/C14H16N2O/c1-2-17-13-8-12(9-16-10-13)14(15)11-6-4-3-5-7-11/h3-10,14H,2,15H2,1H3. The number of ether oxygens (including phenoxy) is 1. The first-order chi connectivity index (χ1) is 8.31. The van der Waals surface area contributed by atoms with Crippen LogP contribution in [0.1, 0.15) is 24.1 Å². The number of hydrogen-bond acceptors (Lipinski definition) is 3. The molecular formula is C14H16N2O. The van der Waals surface area contributed by atoms with Gasteiger partial charge < -0.3 is 10.5 Å². The number of pyridine rings is 1. The second kappa shape index (κ2) is 5.46. The lowest BCUT2D eigenvalue weighted by molar-refractivity contribution is 0.338. The van der Waals surface area contributed by atoms with Gasteiger partial charge in [-0.15, -0.1) is 0 Å². The number of benzene rings is 1. The van der Waals surface area contributed by atoms with E-state index in [1.165, 1.54) is 0 Å². The molecule has 2 rings (SSSR count). The summed E-state index contributed by atoms with van der Waals surface area (Å²) in [6.07, 6.45) is 3.48. The van der Waals surface area contributed by atoms with Gasteiger partial charge in [0.15, 0.2) is 0 Å². The summed E-state index contributed by atoms with van der Waals surface area (Å²) in [7, 11) is 0. The monoisotopic (exact) mass is 228 g/mol. The molecule has 17 heavy (non-hydrogen) atoms. The minimum Gasteiger partial charge on any atom is -0.492 e. The SMILES string of the molecule is CCOc1cncc(C(N)c2ccccc2)c1. The molecule has 0 radical (unpaired) electrons. The topological polar surface area (TPSA) is 48.1 Å². The molecule has 1 aromatic heterocycles. The van der Waals surface area contributed by atoms with E-state index in [9.17, 15) is 0 Å². The molecule has 2 aromatic rings. The molecule has 1 atom stereocenters. The van der Waals surface area contributed by atoms with Gasteiger partial charge in [0, 0.05) is 6.20 Å². The summed E-state index contributed by atoms with van der Waals surface area (Å²) < 4.78 is 5.41. The Balaban J connectivity index is 2.25. The lowest BCUT2D eigenvalue weighted by atomic mass is 10.0. The van der Waals surface area contributed by atoms with E-state index < -0.39 is 0 Å². The minimum absolute atomic E-state index is 0.163. The summed E-state index contributed by atoms with van der Waals surface area (Å²) in [4.78, 5) is 4.14. The Morgan fingerprint density at radius 3 is 2.65 bits per heavy atom. The van der Waals surface area contributed by atoms with E-state index >= 15 is 0 Å². The summed E-state index contributed by atoms with van der Waals surface area (Å²) in [5.41, 5.74) is 8.22. The first-order valence-electron chi connectivity index (χ1n) is 5.69. The smallest absolute Gasteiger partial charge is 0.137 e. The summed E-state index contributed by atoms with van der Waals surface area (Å²) in [6, 6.07) is 11.7. The highest BCUT2D eigenvalue weighted by molar-refractivity contribution is 5.33. The fraction of sp³-hybridized carbons (Fsp3) is 0.214. The molecule has 0 aliphatic heterocycles. The van der Waals surface area contributed by atoms with Crippen molar-refractivity contribution in [2.24, 2.45) is 5.73 Å². The molecule has 1 unspecified atom stereocenters. The molecule has 3 nitrogen and oxygen atoms in total. The van der Waals surface area contributed by atoms with Crippen molar-refractivity contribution >= 4 is 0 Å². The number of rotatable bonds is 4. The fourth-order valence-corrected chi connectivity index (χ4v) is 1.70. The highest BCUT2D eigenvalue weighted by atomic mass is 16.5. The molecule has 1 aromatic carbocycles. The van der Waals surface area contributed by atoms with E-state index in [-0.39, 0.29) is 6.04 Å². The first-order valence-corrected chi connectivity index (χ1v) is 5.69. The van der Waals surface area contributed by atoms with Gasteiger partial charge in [0.05, 0.1) is 18.8 Å². The zero-order chi connectivity index (χ0) is 12.1. The van der Waals surface area contributed by atoms with Crippen molar-refractivity contribution in [3.63, 3.8) is 0 Å². The third kappa shape index (κ3) is 2.82. The van der Waals surface area contributed by atoms with Crippen LogP contribution >= 0.6 is 0 Å². The molecule has 1 heterocycles. The average Bonchev–Trinajstić information content (AvgIpc) is 2.40. The van der Waals surface area contributed by atoms with Crippen LogP contribution in [0.15, 0.2) is 48.8 Å². The van der Waals surface area contributed by atoms with Crippen LogP contribution in [-0.2, 0) is 0 Å². The maximum atomic E-state index is 6.19. The van der Waals surface area contributed by atoms with Gasteiger partial charge in [-0.3, -0.25) is 4.98 Å². The highest BCUT2D eigenvalue weighted by Gasteiger charge is 2.09. The molecular weight excluding hydrogens is 212 g/mol. The molecule has 0 saturated carbocycles. The van der Waals surface area contributed by atoms with Crippen LogP contribution in [0.5, 0.6) is 5.75 Å². The van der Waals surface area contributed by atoms with Crippen molar-refractivity contribution in [1.29, 1.82) is 0 Å². The van der Waals surface area contributed by atoms with Crippen LogP contribution in [0.3, 0.4) is 0 Å². The van der Waals surface area contributed by atoms with Gasteiger partial charge in [-0.2, -0.15) is 0 Å². The first kappa shape index (κ1) is 11.6. The van der Waals surface area contributed by atoms with Gasteiger partial charge in [-0.05, 0) is 24.1 Å². The van der Waals surface area contributed by atoms with Crippen molar-refractivity contribution in [3.8, 4) is 5.75 Å². The molecule has 0 fully saturated rings. The maximum Gasteiger partial charge on any atom is 0.137 e. The fourth-order valence-electron chi connectivity index (χ4n) is 1.70. The van der Waals surface area contributed by atoms with Gasteiger partial charge >= 0.3 is 0 Å². The van der Waals surface area contributed by atoms with Gasteiger partial charge in [-0.1, -0.05) is 30.3 Å². The molecule has 0 saturated heterocycles. The number of hydrogen-bond donors (Lipinski definition) is 1. The number of aromatic nitrogens is 1. The second-order valence-electron chi connectivity index (χ2n) is 3.78. The van der Waals surface area contributed by atoms with E-state index in [0.29, 0.717) is 6.61 Å². The lowest BCUT2D eigenvalue weighted by Crippen LogP contribution is -2.12. The Morgan fingerprint density at radius 2 is 1.94 bits per heavy atom. The quantitative estimate of drug-likeness (QED) is 0.874. The Labute approximate surface area is 101 Å². The van der Waals surface area contributed by atoms with Gasteiger partial charge in [0.2, 0.25) is 0 Å². The largest absolute Gasteiger partial charge is 0.492 e. The molecule has 0 spiro atoms. The maximum absolute atomic E-state index is 6.19. The van der Waals surface area contributed by atoms with Crippen LogP contribution in [0.4, 0.5) is 0 Å².